The maximum Gasteiger partial charge on any atom is 0.233 e. The van der Waals surface area contributed by atoms with E-state index in [-0.39, 0.29) is 5.91 Å². The van der Waals surface area contributed by atoms with Crippen LogP contribution >= 0.6 is 10.2 Å². The Balaban J connectivity index is 2.03. The lowest BCUT2D eigenvalue weighted by Gasteiger charge is -2.27. The van der Waals surface area contributed by atoms with Gasteiger partial charge in [0.25, 0.3) is 0 Å². The van der Waals surface area contributed by atoms with Gasteiger partial charge in [0, 0.05) is 11.5 Å². The van der Waals surface area contributed by atoms with Crippen molar-refractivity contribution in [3.8, 4) is 5.40 Å². The van der Waals surface area contributed by atoms with Gasteiger partial charge in [0.2, 0.25) is 5.91 Å². The normalized spacial score (nSPS) is 18.6. The Morgan fingerprint density at radius 2 is 2.05 bits per heavy atom. The zero-order valence-corrected chi connectivity index (χ0v) is 12.3. The SMILES string of the molecule is Cc1ccc(CC(=O)NS2(C#N)CCCC2)c(C)c1. The zero-order valence-electron chi connectivity index (χ0n) is 11.5. The molecule has 102 valence electrons. The van der Waals surface area contributed by atoms with Crippen LogP contribution < -0.4 is 4.72 Å². The highest BCUT2D eigenvalue weighted by Crippen LogP contribution is 2.48. The van der Waals surface area contributed by atoms with Crippen LogP contribution in [0.15, 0.2) is 18.2 Å². The van der Waals surface area contributed by atoms with Crippen LogP contribution in [-0.2, 0) is 11.2 Å². The van der Waals surface area contributed by atoms with Gasteiger partial charge < -0.3 is 4.72 Å². The number of nitriles is 1. The highest BCUT2D eigenvalue weighted by molar-refractivity contribution is 8.36. The minimum atomic E-state index is -1.53. The summed E-state index contributed by atoms with van der Waals surface area (Å²) in [5, 5.41) is 11.7. The van der Waals surface area contributed by atoms with Gasteiger partial charge >= 0.3 is 0 Å². The third kappa shape index (κ3) is 3.30. The number of hydrogen-bond donors (Lipinski definition) is 1. The van der Waals surface area contributed by atoms with Crippen molar-refractivity contribution in [2.45, 2.75) is 33.1 Å². The van der Waals surface area contributed by atoms with E-state index in [2.05, 4.69) is 16.2 Å². The number of benzene rings is 1. The number of aryl methyl sites for hydroxylation is 2. The maximum atomic E-state index is 12.1. The molecule has 0 saturated carbocycles. The van der Waals surface area contributed by atoms with E-state index in [0.717, 1.165) is 35.5 Å². The molecule has 1 saturated heterocycles. The summed E-state index contributed by atoms with van der Waals surface area (Å²) in [5.41, 5.74) is 3.40. The summed E-state index contributed by atoms with van der Waals surface area (Å²) >= 11 is 0. The Morgan fingerprint density at radius 1 is 1.37 bits per heavy atom. The predicted molar refractivity (Wildman–Crippen MR) is 79.9 cm³/mol. The van der Waals surface area contributed by atoms with Crippen LogP contribution in [0.5, 0.6) is 0 Å². The van der Waals surface area contributed by atoms with Gasteiger partial charge in [-0.15, -0.1) is 0 Å². The fourth-order valence-electron chi connectivity index (χ4n) is 2.49. The average molecular weight is 276 g/mol. The zero-order chi connectivity index (χ0) is 13.9. The van der Waals surface area contributed by atoms with E-state index in [4.69, 9.17) is 0 Å². The standard InChI is InChI=1S/C15H20N2OS/c1-12-5-6-14(13(2)9-12)10-15(18)17-19(11-16)7-3-4-8-19/h5-6,9H,3-4,7-8,10H2,1-2H3,(H,17,18). The van der Waals surface area contributed by atoms with Crippen LogP contribution in [0.4, 0.5) is 0 Å². The first kappa shape index (κ1) is 14.0. The molecular formula is C15H20N2OS. The average Bonchev–Trinajstić information content (AvgIpc) is 2.82. The molecule has 1 aromatic rings. The quantitative estimate of drug-likeness (QED) is 0.863. The molecule has 1 aliphatic rings. The van der Waals surface area contributed by atoms with Crippen molar-refractivity contribution < 1.29 is 4.79 Å². The van der Waals surface area contributed by atoms with Gasteiger partial charge in [0.1, 0.15) is 5.40 Å². The van der Waals surface area contributed by atoms with E-state index in [1.54, 1.807) is 0 Å². The van der Waals surface area contributed by atoms with Crippen molar-refractivity contribution in [3.63, 3.8) is 0 Å². The molecular weight excluding hydrogens is 256 g/mol. The second kappa shape index (κ2) is 5.66. The summed E-state index contributed by atoms with van der Waals surface area (Å²) in [6.07, 6.45) is 2.50. The van der Waals surface area contributed by atoms with E-state index in [1.165, 1.54) is 5.56 Å². The van der Waals surface area contributed by atoms with Crippen molar-refractivity contribution in [3.05, 3.63) is 34.9 Å². The number of carbonyl (C=O) groups excluding carboxylic acids is 1. The fraction of sp³-hybridized carbons (Fsp3) is 0.467. The Labute approximate surface area is 116 Å². The van der Waals surface area contributed by atoms with Crippen molar-refractivity contribution in [1.29, 1.82) is 5.26 Å². The molecule has 3 nitrogen and oxygen atoms in total. The molecule has 1 heterocycles. The van der Waals surface area contributed by atoms with E-state index in [9.17, 15) is 10.1 Å². The van der Waals surface area contributed by atoms with Crippen molar-refractivity contribution >= 4 is 16.1 Å². The van der Waals surface area contributed by atoms with Gasteiger partial charge in [-0.05, 0) is 37.8 Å². The number of hydrogen-bond acceptors (Lipinski definition) is 2. The lowest BCUT2D eigenvalue weighted by atomic mass is 10.0. The van der Waals surface area contributed by atoms with Gasteiger partial charge in [-0.2, -0.15) is 5.26 Å². The number of amides is 1. The molecule has 0 aromatic heterocycles. The predicted octanol–water partition coefficient (Wildman–Crippen LogP) is 2.96. The molecule has 0 atom stereocenters. The van der Waals surface area contributed by atoms with Crippen LogP contribution in [0.3, 0.4) is 0 Å². The summed E-state index contributed by atoms with van der Waals surface area (Å²) in [6, 6.07) is 6.12. The van der Waals surface area contributed by atoms with Crippen LogP contribution in [0.2, 0.25) is 0 Å². The number of rotatable bonds is 3. The van der Waals surface area contributed by atoms with Crippen LogP contribution in [0, 0.1) is 24.5 Å². The monoisotopic (exact) mass is 276 g/mol. The summed E-state index contributed by atoms with van der Waals surface area (Å²) in [6.45, 7) is 4.07. The van der Waals surface area contributed by atoms with Gasteiger partial charge in [-0.3, -0.25) is 4.79 Å². The highest BCUT2D eigenvalue weighted by Gasteiger charge is 2.29. The molecule has 0 radical (unpaired) electrons. The Morgan fingerprint density at radius 3 is 2.63 bits per heavy atom. The Kier molecular flexibility index (Phi) is 4.16. The molecule has 1 aromatic carbocycles. The minimum absolute atomic E-state index is 0.00889. The van der Waals surface area contributed by atoms with E-state index in [0.29, 0.717) is 6.42 Å². The first-order chi connectivity index (χ1) is 9.04. The molecule has 1 N–H and O–H groups in total. The molecule has 0 aliphatic carbocycles. The third-order valence-corrected chi connectivity index (χ3v) is 6.51. The largest absolute Gasteiger partial charge is 0.306 e. The first-order valence-corrected chi connectivity index (χ1v) is 8.58. The van der Waals surface area contributed by atoms with E-state index >= 15 is 0 Å². The fourth-order valence-corrected chi connectivity index (χ4v) is 5.02. The molecule has 2 rings (SSSR count). The summed E-state index contributed by atoms with van der Waals surface area (Å²) in [7, 11) is -1.53. The topological polar surface area (TPSA) is 52.9 Å². The number of nitrogens with one attached hydrogen (secondary N) is 1. The van der Waals surface area contributed by atoms with E-state index in [1.807, 2.05) is 26.0 Å². The van der Waals surface area contributed by atoms with Crippen molar-refractivity contribution in [2.24, 2.45) is 0 Å². The summed E-state index contributed by atoms with van der Waals surface area (Å²) in [5.74, 6) is 1.72. The van der Waals surface area contributed by atoms with Crippen molar-refractivity contribution in [1.82, 2.24) is 4.72 Å². The van der Waals surface area contributed by atoms with Gasteiger partial charge in [0.05, 0.1) is 6.42 Å². The first-order valence-electron chi connectivity index (χ1n) is 6.61. The molecule has 19 heavy (non-hydrogen) atoms. The highest BCUT2D eigenvalue weighted by atomic mass is 32.3. The number of carbonyl (C=O) groups is 1. The number of nitrogens with zero attached hydrogens (tertiary/aromatic N) is 1. The summed E-state index contributed by atoms with van der Waals surface area (Å²) in [4.78, 5) is 12.1. The second-order valence-electron chi connectivity index (χ2n) is 5.22. The minimum Gasteiger partial charge on any atom is -0.306 e. The van der Waals surface area contributed by atoms with Gasteiger partial charge in [-0.25, -0.2) is 0 Å². The maximum absolute atomic E-state index is 12.1. The molecule has 0 unspecified atom stereocenters. The lowest BCUT2D eigenvalue weighted by Crippen LogP contribution is -2.29. The van der Waals surface area contributed by atoms with Crippen LogP contribution in [0.1, 0.15) is 29.5 Å². The molecule has 0 spiro atoms. The molecule has 1 amide bonds. The van der Waals surface area contributed by atoms with Crippen LogP contribution in [0.25, 0.3) is 0 Å². The van der Waals surface area contributed by atoms with Crippen molar-refractivity contribution in [2.75, 3.05) is 11.5 Å². The molecule has 0 bridgehead atoms. The van der Waals surface area contributed by atoms with Gasteiger partial charge in [-0.1, -0.05) is 34.0 Å². The van der Waals surface area contributed by atoms with Gasteiger partial charge in [0.15, 0.2) is 0 Å². The molecule has 4 heteroatoms. The smallest absolute Gasteiger partial charge is 0.233 e. The summed E-state index contributed by atoms with van der Waals surface area (Å²) < 4.78 is 3.02. The Bertz CT molecular complexity index is 527. The number of thiocyanates is 1. The van der Waals surface area contributed by atoms with Crippen LogP contribution in [-0.4, -0.2) is 17.4 Å². The lowest BCUT2D eigenvalue weighted by molar-refractivity contribution is -0.118. The molecule has 1 fully saturated rings. The molecule has 1 aliphatic heterocycles. The van der Waals surface area contributed by atoms with E-state index < -0.39 is 10.2 Å². The Hall–Kier alpha value is -1.47. The third-order valence-electron chi connectivity index (χ3n) is 3.57. The second-order valence-corrected chi connectivity index (χ2v) is 8.19.